The van der Waals surface area contributed by atoms with Gasteiger partial charge in [-0.1, -0.05) is 54.6 Å². The van der Waals surface area contributed by atoms with E-state index in [1.807, 2.05) is 30.3 Å². The molecule has 0 spiro atoms. The maximum atomic E-state index is 13.2. The van der Waals surface area contributed by atoms with Crippen molar-refractivity contribution in [3.8, 4) is 5.75 Å². The minimum atomic E-state index is -0.240. The fourth-order valence-corrected chi connectivity index (χ4v) is 2.54. The highest BCUT2D eigenvalue weighted by Crippen LogP contribution is 2.32. The monoisotopic (exact) mass is 278 g/mol. The van der Waals surface area contributed by atoms with Crippen LogP contribution in [0.25, 0.3) is 0 Å². The lowest BCUT2D eigenvalue weighted by atomic mass is 9.85. The van der Waals surface area contributed by atoms with Crippen molar-refractivity contribution in [3.05, 3.63) is 101 Å². The molecule has 1 unspecified atom stereocenters. The molecule has 0 heterocycles. The zero-order valence-electron chi connectivity index (χ0n) is 11.4. The van der Waals surface area contributed by atoms with Crippen LogP contribution in [-0.2, 0) is 0 Å². The maximum Gasteiger partial charge on any atom is 0.123 e. The van der Waals surface area contributed by atoms with E-state index in [1.165, 1.54) is 12.1 Å². The van der Waals surface area contributed by atoms with E-state index < -0.39 is 0 Å². The molecule has 0 aromatic heterocycles. The topological polar surface area (TPSA) is 20.2 Å². The SMILES string of the molecule is Oc1ccc(C(c2ccccc2)c2ccc(F)cc2)cc1. The lowest BCUT2D eigenvalue weighted by Crippen LogP contribution is -2.03. The van der Waals surface area contributed by atoms with Gasteiger partial charge in [-0.3, -0.25) is 0 Å². The number of phenols is 1. The molecule has 3 rings (SSSR count). The average molecular weight is 278 g/mol. The van der Waals surface area contributed by atoms with Gasteiger partial charge in [0.15, 0.2) is 0 Å². The molecule has 104 valence electrons. The second kappa shape index (κ2) is 5.80. The van der Waals surface area contributed by atoms with Gasteiger partial charge in [0.05, 0.1) is 0 Å². The molecule has 1 N–H and O–H groups in total. The first kappa shape index (κ1) is 13.4. The molecule has 0 aliphatic rings. The molecule has 0 radical (unpaired) electrons. The Balaban J connectivity index is 2.11. The third-order valence-corrected chi connectivity index (χ3v) is 3.56. The van der Waals surface area contributed by atoms with Crippen LogP contribution in [0, 0.1) is 5.82 Å². The average Bonchev–Trinajstić information content (AvgIpc) is 2.52. The Bertz CT molecular complexity index is 657. The van der Waals surface area contributed by atoms with Gasteiger partial charge in [-0.15, -0.1) is 0 Å². The molecule has 0 aliphatic carbocycles. The van der Waals surface area contributed by atoms with Gasteiger partial charge in [0.2, 0.25) is 0 Å². The van der Waals surface area contributed by atoms with Crippen molar-refractivity contribution in [2.75, 3.05) is 0 Å². The Hall–Kier alpha value is -2.61. The van der Waals surface area contributed by atoms with Crippen molar-refractivity contribution in [2.24, 2.45) is 0 Å². The summed E-state index contributed by atoms with van der Waals surface area (Å²) < 4.78 is 13.2. The van der Waals surface area contributed by atoms with E-state index in [0.29, 0.717) is 0 Å². The first-order chi connectivity index (χ1) is 10.2. The highest BCUT2D eigenvalue weighted by atomic mass is 19.1. The number of benzene rings is 3. The van der Waals surface area contributed by atoms with Crippen LogP contribution in [0.3, 0.4) is 0 Å². The summed E-state index contributed by atoms with van der Waals surface area (Å²) in [4.78, 5) is 0. The van der Waals surface area contributed by atoms with E-state index in [0.717, 1.165) is 16.7 Å². The van der Waals surface area contributed by atoms with E-state index in [-0.39, 0.29) is 17.5 Å². The number of hydrogen-bond donors (Lipinski definition) is 1. The number of hydrogen-bond acceptors (Lipinski definition) is 1. The second-order valence-electron chi connectivity index (χ2n) is 4.99. The van der Waals surface area contributed by atoms with E-state index >= 15 is 0 Å². The van der Waals surface area contributed by atoms with Crippen LogP contribution in [0.15, 0.2) is 78.9 Å². The number of rotatable bonds is 3. The van der Waals surface area contributed by atoms with Crippen LogP contribution in [0.2, 0.25) is 0 Å². The summed E-state index contributed by atoms with van der Waals surface area (Å²) in [6, 6.07) is 23.8. The van der Waals surface area contributed by atoms with Gasteiger partial charge < -0.3 is 5.11 Å². The molecule has 0 bridgehead atoms. The molecule has 1 nitrogen and oxygen atoms in total. The largest absolute Gasteiger partial charge is 0.508 e. The third-order valence-electron chi connectivity index (χ3n) is 3.56. The summed E-state index contributed by atoms with van der Waals surface area (Å²) in [7, 11) is 0. The van der Waals surface area contributed by atoms with E-state index in [1.54, 1.807) is 24.3 Å². The van der Waals surface area contributed by atoms with Gasteiger partial charge in [0.1, 0.15) is 11.6 Å². The van der Waals surface area contributed by atoms with Gasteiger partial charge in [0.25, 0.3) is 0 Å². The third kappa shape index (κ3) is 2.95. The van der Waals surface area contributed by atoms with Crippen molar-refractivity contribution >= 4 is 0 Å². The molecule has 3 aromatic carbocycles. The van der Waals surface area contributed by atoms with Crippen molar-refractivity contribution in [1.82, 2.24) is 0 Å². The first-order valence-electron chi connectivity index (χ1n) is 6.83. The van der Waals surface area contributed by atoms with E-state index in [4.69, 9.17) is 0 Å². The molecule has 0 aliphatic heterocycles. The summed E-state index contributed by atoms with van der Waals surface area (Å²) in [5.41, 5.74) is 3.22. The standard InChI is InChI=1S/C19H15FO/c20-17-10-6-15(7-11-17)19(14-4-2-1-3-5-14)16-8-12-18(21)13-9-16/h1-13,19,21H. The number of phenolic OH excluding ortho intramolecular Hbond substituents is 1. The molecule has 0 fully saturated rings. The van der Waals surface area contributed by atoms with Crippen molar-refractivity contribution in [1.29, 1.82) is 0 Å². The zero-order chi connectivity index (χ0) is 14.7. The van der Waals surface area contributed by atoms with Crippen LogP contribution in [-0.4, -0.2) is 5.11 Å². The Morgan fingerprint density at radius 1 is 0.619 bits per heavy atom. The Morgan fingerprint density at radius 3 is 1.67 bits per heavy atom. The summed E-state index contributed by atoms with van der Waals surface area (Å²) >= 11 is 0. The number of aromatic hydroxyl groups is 1. The molecule has 0 saturated carbocycles. The fraction of sp³-hybridized carbons (Fsp3) is 0.0526. The van der Waals surface area contributed by atoms with Crippen LogP contribution < -0.4 is 0 Å². The molecular weight excluding hydrogens is 263 g/mol. The lowest BCUT2D eigenvalue weighted by Gasteiger charge is -2.19. The second-order valence-corrected chi connectivity index (χ2v) is 4.99. The molecule has 0 saturated heterocycles. The minimum absolute atomic E-state index is 0.0207. The Morgan fingerprint density at radius 2 is 1.10 bits per heavy atom. The summed E-state index contributed by atoms with van der Waals surface area (Å²) in [5, 5.41) is 9.47. The predicted molar refractivity (Wildman–Crippen MR) is 81.9 cm³/mol. The van der Waals surface area contributed by atoms with Gasteiger partial charge in [-0.25, -0.2) is 4.39 Å². The minimum Gasteiger partial charge on any atom is -0.508 e. The smallest absolute Gasteiger partial charge is 0.123 e. The Labute approximate surface area is 123 Å². The lowest BCUT2D eigenvalue weighted by molar-refractivity contribution is 0.475. The van der Waals surface area contributed by atoms with Gasteiger partial charge in [0, 0.05) is 5.92 Å². The molecule has 1 atom stereocenters. The van der Waals surface area contributed by atoms with Gasteiger partial charge in [-0.2, -0.15) is 0 Å². The van der Waals surface area contributed by atoms with Crippen molar-refractivity contribution < 1.29 is 9.50 Å². The molecule has 21 heavy (non-hydrogen) atoms. The predicted octanol–water partition coefficient (Wildman–Crippen LogP) is 4.71. The fourth-order valence-electron chi connectivity index (χ4n) is 2.54. The van der Waals surface area contributed by atoms with Gasteiger partial charge in [-0.05, 0) is 41.0 Å². The maximum absolute atomic E-state index is 13.2. The zero-order valence-corrected chi connectivity index (χ0v) is 11.4. The first-order valence-corrected chi connectivity index (χ1v) is 6.83. The summed E-state index contributed by atoms with van der Waals surface area (Å²) in [6.07, 6.45) is 0. The van der Waals surface area contributed by atoms with Gasteiger partial charge >= 0.3 is 0 Å². The molecule has 2 heteroatoms. The Kier molecular flexibility index (Phi) is 3.69. The molecular formula is C19H15FO. The molecule has 0 amide bonds. The van der Waals surface area contributed by atoms with Crippen molar-refractivity contribution in [2.45, 2.75) is 5.92 Å². The van der Waals surface area contributed by atoms with Crippen LogP contribution in [0.4, 0.5) is 4.39 Å². The normalized spacial score (nSPS) is 12.0. The molecule has 3 aromatic rings. The number of halogens is 1. The van der Waals surface area contributed by atoms with E-state index in [9.17, 15) is 9.50 Å². The highest BCUT2D eigenvalue weighted by molar-refractivity contribution is 5.44. The van der Waals surface area contributed by atoms with E-state index in [2.05, 4.69) is 12.1 Å². The van der Waals surface area contributed by atoms with Crippen molar-refractivity contribution in [3.63, 3.8) is 0 Å². The van der Waals surface area contributed by atoms with Crippen LogP contribution >= 0.6 is 0 Å². The van der Waals surface area contributed by atoms with Crippen LogP contribution in [0.5, 0.6) is 5.75 Å². The quantitative estimate of drug-likeness (QED) is 0.688. The summed E-state index contributed by atoms with van der Waals surface area (Å²) in [6.45, 7) is 0. The summed E-state index contributed by atoms with van der Waals surface area (Å²) in [5.74, 6) is 0.0216. The van der Waals surface area contributed by atoms with Crippen LogP contribution in [0.1, 0.15) is 22.6 Å². The highest BCUT2D eigenvalue weighted by Gasteiger charge is 2.16.